The lowest BCUT2D eigenvalue weighted by molar-refractivity contribution is 0.0523. The Balaban J connectivity index is 2.64. The van der Waals surface area contributed by atoms with E-state index in [2.05, 4.69) is 11.2 Å². The lowest BCUT2D eigenvalue weighted by Gasteiger charge is -2.19. The van der Waals surface area contributed by atoms with Crippen molar-refractivity contribution in [3.63, 3.8) is 0 Å². The van der Waals surface area contributed by atoms with E-state index in [-0.39, 0.29) is 0 Å². The van der Waals surface area contributed by atoms with Gasteiger partial charge in [0.25, 0.3) is 0 Å². The Bertz CT molecular complexity index is 495. The summed E-state index contributed by atoms with van der Waals surface area (Å²) in [5.41, 5.74) is 1.04. The van der Waals surface area contributed by atoms with E-state index >= 15 is 0 Å². The Labute approximate surface area is 114 Å². The van der Waals surface area contributed by atoms with E-state index in [4.69, 9.17) is 15.9 Å². The molecule has 1 N–H and O–H groups in total. The van der Waals surface area contributed by atoms with E-state index < -0.39 is 11.7 Å². The predicted molar refractivity (Wildman–Crippen MR) is 74.0 cm³/mol. The SMILES string of the molecule is C#Cc1cc(CNC(=O)OC(C)(C)C)ccc1OC. The van der Waals surface area contributed by atoms with Gasteiger partial charge in [-0.15, -0.1) is 6.42 Å². The van der Waals surface area contributed by atoms with Crippen LogP contribution in [0.15, 0.2) is 18.2 Å². The van der Waals surface area contributed by atoms with Gasteiger partial charge in [0, 0.05) is 6.54 Å². The number of carbonyl (C=O) groups excluding carboxylic acids is 1. The normalized spacial score (nSPS) is 10.5. The Hall–Kier alpha value is -2.15. The second-order valence-electron chi connectivity index (χ2n) is 5.03. The van der Waals surface area contributed by atoms with Gasteiger partial charge < -0.3 is 14.8 Å². The van der Waals surface area contributed by atoms with Crippen LogP contribution < -0.4 is 10.1 Å². The summed E-state index contributed by atoms with van der Waals surface area (Å²) in [6, 6.07) is 5.43. The van der Waals surface area contributed by atoms with Gasteiger partial charge in [0.2, 0.25) is 0 Å². The molecule has 102 valence electrons. The van der Waals surface area contributed by atoms with Gasteiger partial charge >= 0.3 is 6.09 Å². The summed E-state index contributed by atoms with van der Waals surface area (Å²) in [6.45, 7) is 5.80. The average molecular weight is 261 g/mol. The lowest BCUT2D eigenvalue weighted by Crippen LogP contribution is -2.32. The first-order valence-corrected chi connectivity index (χ1v) is 5.96. The largest absolute Gasteiger partial charge is 0.495 e. The molecule has 0 heterocycles. The minimum absolute atomic E-state index is 0.355. The number of amides is 1. The monoisotopic (exact) mass is 261 g/mol. The van der Waals surface area contributed by atoms with Crippen molar-refractivity contribution in [2.45, 2.75) is 32.9 Å². The van der Waals surface area contributed by atoms with Crippen LogP contribution in [0.5, 0.6) is 5.75 Å². The molecule has 0 radical (unpaired) electrons. The highest BCUT2D eigenvalue weighted by Gasteiger charge is 2.15. The van der Waals surface area contributed by atoms with Crippen molar-refractivity contribution in [3.05, 3.63) is 29.3 Å². The zero-order chi connectivity index (χ0) is 14.5. The van der Waals surface area contributed by atoms with Crippen molar-refractivity contribution >= 4 is 6.09 Å². The fourth-order valence-corrected chi connectivity index (χ4v) is 1.47. The van der Waals surface area contributed by atoms with E-state index in [0.717, 1.165) is 5.56 Å². The highest BCUT2D eigenvalue weighted by atomic mass is 16.6. The zero-order valence-electron chi connectivity index (χ0n) is 11.7. The molecule has 0 aliphatic heterocycles. The minimum Gasteiger partial charge on any atom is -0.495 e. The number of hydrogen-bond acceptors (Lipinski definition) is 3. The van der Waals surface area contributed by atoms with Gasteiger partial charge in [-0.25, -0.2) is 4.79 Å². The van der Waals surface area contributed by atoms with Crippen LogP contribution in [0.4, 0.5) is 4.79 Å². The Kier molecular flexibility index (Phi) is 4.82. The third-order valence-corrected chi connectivity index (χ3v) is 2.26. The van der Waals surface area contributed by atoms with E-state index in [0.29, 0.717) is 17.9 Å². The Morgan fingerprint density at radius 3 is 2.63 bits per heavy atom. The third-order valence-electron chi connectivity index (χ3n) is 2.26. The first-order chi connectivity index (χ1) is 8.85. The molecule has 0 saturated heterocycles. The Morgan fingerprint density at radius 1 is 1.42 bits per heavy atom. The summed E-state index contributed by atoms with van der Waals surface area (Å²) in [7, 11) is 1.56. The number of rotatable bonds is 3. The standard InChI is InChI=1S/C15H19NO3/c1-6-12-9-11(7-8-13(12)18-5)10-16-14(17)19-15(2,3)4/h1,7-9H,10H2,2-5H3,(H,16,17). The molecule has 0 unspecified atom stereocenters. The second-order valence-corrected chi connectivity index (χ2v) is 5.03. The number of carbonyl (C=O) groups is 1. The molecule has 0 atom stereocenters. The maximum Gasteiger partial charge on any atom is 0.407 e. The van der Waals surface area contributed by atoms with Crippen LogP contribution >= 0.6 is 0 Å². The number of hydrogen-bond donors (Lipinski definition) is 1. The van der Waals surface area contributed by atoms with Crippen molar-refractivity contribution < 1.29 is 14.3 Å². The van der Waals surface area contributed by atoms with Crippen molar-refractivity contribution in [3.8, 4) is 18.1 Å². The fourth-order valence-electron chi connectivity index (χ4n) is 1.47. The van der Waals surface area contributed by atoms with Crippen LogP contribution in [0.2, 0.25) is 0 Å². The molecular formula is C15H19NO3. The van der Waals surface area contributed by atoms with Gasteiger partial charge in [-0.1, -0.05) is 12.0 Å². The van der Waals surface area contributed by atoms with Gasteiger partial charge in [0.05, 0.1) is 12.7 Å². The number of alkyl carbamates (subject to hydrolysis) is 1. The highest BCUT2D eigenvalue weighted by molar-refractivity contribution is 5.67. The summed E-state index contributed by atoms with van der Waals surface area (Å²) < 4.78 is 10.3. The molecule has 0 saturated carbocycles. The molecular weight excluding hydrogens is 242 g/mol. The molecule has 0 fully saturated rings. The van der Waals surface area contributed by atoms with Crippen molar-refractivity contribution in [1.82, 2.24) is 5.32 Å². The number of benzene rings is 1. The van der Waals surface area contributed by atoms with Crippen LogP contribution in [0.3, 0.4) is 0 Å². The molecule has 1 rings (SSSR count). The summed E-state index contributed by atoms with van der Waals surface area (Å²) in [6.07, 6.45) is 4.94. The van der Waals surface area contributed by atoms with E-state index in [1.807, 2.05) is 26.8 Å². The maximum atomic E-state index is 11.5. The number of ether oxygens (including phenoxy) is 2. The molecule has 0 bridgehead atoms. The van der Waals surface area contributed by atoms with Crippen LogP contribution in [0.1, 0.15) is 31.9 Å². The van der Waals surface area contributed by atoms with Gasteiger partial charge in [-0.05, 0) is 38.5 Å². The second kappa shape index (κ2) is 6.14. The molecule has 0 spiro atoms. The summed E-state index contributed by atoms with van der Waals surface area (Å²) in [4.78, 5) is 11.5. The zero-order valence-corrected chi connectivity index (χ0v) is 11.7. The van der Waals surface area contributed by atoms with Crippen molar-refractivity contribution in [1.29, 1.82) is 0 Å². The van der Waals surface area contributed by atoms with Crippen LogP contribution in [-0.4, -0.2) is 18.8 Å². The maximum absolute atomic E-state index is 11.5. The molecule has 1 aromatic rings. The quantitative estimate of drug-likeness (QED) is 0.851. The third kappa shape index (κ3) is 4.92. The van der Waals surface area contributed by atoms with Crippen molar-refractivity contribution in [2.75, 3.05) is 7.11 Å². The molecule has 1 amide bonds. The molecule has 0 aliphatic rings. The van der Waals surface area contributed by atoms with Gasteiger partial charge in [-0.2, -0.15) is 0 Å². The molecule has 4 heteroatoms. The van der Waals surface area contributed by atoms with Crippen LogP contribution in [0.25, 0.3) is 0 Å². The number of nitrogens with one attached hydrogen (secondary N) is 1. The number of terminal acetylenes is 1. The van der Waals surface area contributed by atoms with Gasteiger partial charge in [0.15, 0.2) is 0 Å². The Morgan fingerprint density at radius 2 is 2.11 bits per heavy atom. The van der Waals surface area contributed by atoms with Gasteiger partial charge in [-0.3, -0.25) is 0 Å². The van der Waals surface area contributed by atoms with Crippen LogP contribution in [0, 0.1) is 12.3 Å². The number of methoxy groups -OCH3 is 1. The molecule has 4 nitrogen and oxygen atoms in total. The predicted octanol–water partition coefficient (Wildman–Crippen LogP) is 2.70. The van der Waals surface area contributed by atoms with Gasteiger partial charge in [0.1, 0.15) is 11.4 Å². The molecule has 0 aromatic heterocycles. The summed E-state index contributed by atoms with van der Waals surface area (Å²) in [5, 5.41) is 2.67. The summed E-state index contributed by atoms with van der Waals surface area (Å²) >= 11 is 0. The average Bonchev–Trinajstić information content (AvgIpc) is 2.33. The minimum atomic E-state index is -0.506. The summed E-state index contributed by atoms with van der Waals surface area (Å²) in [5.74, 6) is 3.19. The fraction of sp³-hybridized carbons (Fsp3) is 0.400. The first-order valence-electron chi connectivity index (χ1n) is 5.96. The van der Waals surface area contributed by atoms with E-state index in [1.165, 1.54) is 0 Å². The first kappa shape index (κ1) is 14.9. The topological polar surface area (TPSA) is 47.6 Å². The van der Waals surface area contributed by atoms with Crippen molar-refractivity contribution in [2.24, 2.45) is 0 Å². The molecule has 19 heavy (non-hydrogen) atoms. The van der Waals surface area contributed by atoms with E-state index in [1.54, 1.807) is 19.2 Å². The molecule has 0 aliphatic carbocycles. The lowest BCUT2D eigenvalue weighted by atomic mass is 10.1. The van der Waals surface area contributed by atoms with Crippen LogP contribution in [-0.2, 0) is 11.3 Å². The highest BCUT2D eigenvalue weighted by Crippen LogP contribution is 2.18. The smallest absolute Gasteiger partial charge is 0.407 e. The van der Waals surface area contributed by atoms with E-state index in [9.17, 15) is 4.79 Å². The molecule has 1 aromatic carbocycles.